The van der Waals surface area contributed by atoms with Gasteiger partial charge in [0, 0.05) is 7.05 Å². The molecule has 0 heterocycles. The first-order valence-electron chi connectivity index (χ1n) is 3.74. The molecule has 0 aliphatic rings. The number of carbonyl (C=O) groups is 1. The molecule has 0 fully saturated rings. The highest BCUT2D eigenvalue weighted by Gasteiger charge is 2.10. The fraction of sp³-hybridized carbons (Fsp3) is 0.833. The van der Waals surface area contributed by atoms with Crippen LogP contribution in [0.1, 0.15) is 12.8 Å². The highest BCUT2D eigenvalue weighted by atomic mass is 32.1. The fourth-order valence-corrected chi connectivity index (χ4v) is 0.897. The summed E-state index contributed by atoms with van der Waals surface area (Å²) in [6, 6.07) is 0. The molecule has 1 unspecified atom stereocenters. The van der Waals surface area contributed by atoms with Crippen molar-refractivity contribution in [2.75, 3.05) is 13.6 Å². The van der Waals surface area contributed by atoms with Crippen LogP contribution < -0.4 is 5.23 Å². The summed E-state index contributed by atoms with van der Waals surface area (Å²) >= 11 is 3.64. The summed E-state index contributed by atoms with van der Waals surface area (Å²) in [5, 5.41) is 2.20. The second kappa shape index (κ2) is 6.43. The lowest BCUT2D eigenvalue weighted by Gasteiger charge is -2.23. The van der Waals surface area contributed by atoms with Crippen LogP contribution in [0.15, 0.2) is 0 Å². The third-order valence-corrected chi connectivity index (χ3v) is 1.94. The standard InChI is InChI=1S/C6H12B2N2OS/c1-10(6(11)12)5(7)3-2-4-9-8/h5,9H,2-4H2,1H3,(H,11,12). The maximum Gasteiger partial charge on any atom is 0.277 e. The number of nitrogens with one attached hydrogen (secondary N) is 1. The van der Waals surface area contributed by atoms with Gasteiger partial charge in [0.25, 0.3) is 5.24 Å². The average molecular weight is 182 g/mol. The van der Waals surface area contributed by atoms with E-state index in [2.05, 4.69) is 17.9 Å². The first-order valence-corrected chi connectivity index (χ1v) is 4.19. The molecule has 0 saturated carbocycles. The Morgan fingerprint density at radius 3 is 2.75 bits per heavy atom. The smallest absolute Gasteiger partial charge is 0.277 e. The van der Waals surface area contributed by atoms with E-state index in [4.69, 9.17) is 15.8 Å². The lowest BCUT2D eigenvalue weighted by Crippen LogP contribution is -2.34. The molecule has 0 rings (SSSR count). The first-order chi connectivity index (χ1) is 5.59. The Balaban J connectivity index is 3.56. The molecule has 1 atom stereocenters. The molecule has 12 heavy (non-hydrogen) atoms. The summed E-state index contributed by atoms with van der Waals surface area (Å²) in [5.74, 6) is -0.275. The molecular formula is C6H12B2N2OS. The molecule has 6 heteroatoms. The molecule has 0 spiro atoms. The van der Waals surface area contributed by atoms with Gasteiger partial charge in [-0.1, -0.05) is 12.6 Å². The number of carbonyl (C=O) groups excluding carboxylic acids is 1. The predicted octanol–water partition coefficient (Wildman–Crippen LogP) is -0.0841. The van der Waals surface area contributed by atoms with E-state index >= 15 is 0 Å². The van der Waals surface area contributed by atoms with E-state index in [1.165, 1.54) is 4.90 Å². The van der Waals surface area contributed by atoms with E-state index in [0.717, 1.165) is 6.42 Å². The largest absolute Gasteiger partial charge is 0.366 e. The normalized spacial score (nSPS) is 12.5. The molecule has 64 valence electrons. The highest BCUT2D eigenvalue weighted by molar-refractivity contribution is 7.96. The maximum atomic E-state index is 10.7. The van der Waals surface area contributed by atoms with Gasteiger partial charge in [-0.05, 0) is 25.3 Å². The van der Waals surface area contributed by atoms with Crippen LogP contribution in [0.3, 0.4) is 0 Å². The SMILES string of the molecule is [B]NCCCC([B])N(C)C(=O)S. The Morgan fingerprint density at radius 2 is 2.33 bits per heavy atom. The van der Waals surface area contributed by atoms with Crippen molar-refractivity contribution in [3.63, 3.8) is 0 Å². The van der Waals surface area contributed by atoms with E-state index in [1.807, 2.05) is 0 Å². The van der Waals surface area contributed by atoms with Crippen molar-refractivity contribution >= 4 is 33.7 Å². The van der Waals surface area contributed by atoms with Crippen LogP contribution in [-0.4, -0.2) is 45.5 Å². The molecule has 0 aliphatic heterocycles. The minimum atomic E-state index is -0.316. The van der Waals surface area contributed by atoms with E-state index in [0.29, 0.717) is 13.0 Å². The van der Waals surface area contributed by atoms with Crippen molar-refractivity contribution < 1.29 is 4.79 Å². The molecule has 0 bridgehead atoms. The molecule has 1 N–H and O–H groups in total. The van der Waals surface area contributed by atoms with Gasteiger partial charge in [-0.15, -0.1) is 0 Å². The zero-order valence-electron chi connectivity index (χ0n) is 7.16. The van der Waals surface area contributed by atoms with E-state index < -0.39 is 0 Å². The summed E-state index contributed by atoms with van der Waals surface area (Å²) in [6.07, 6.45) is 1.55. The summed E-state index contributed by atoms with van der Waals surface area (Å²) in [4.78, 5) is 12.1. The first kappa shape index (κ1) is 11.9. The summed E-state index contributed by atoms with van der Waals surface area (Å²) in [5.41, 5.74) is 0. The Kier molecular flexibility index (Phi) is 6.38. The Labute approximate surface area is 81.5 Å². The van der Waals surface area contributed by atoms with Crippen molar-refractivity contribution in [2.24, 2.45) is 0 Å². The molecule has 0 aliphatic carbocycles. The molecule has 0 aromatic rings. The molecule has 0 saturated heterocycles. The van der Waals surface area contributed by atoms with Crippen LogP contribution in [-0.2, 0) is 0 Å². The van der Waals surface area contributed by atoms with Gasteiger partial charge in [0.2, 0.25) is 0 Å². The van der Waals surface area contributed by atoms with Gasteiger partial charge in [0.1, 0.15) is 0 Å². The lowest BCUT2D eigenvalue weighted by atomic mass is 9.90. The third kappa shape index (κ3) is 4.72. The fourth-order valence-electron chi connectivity index (χ4n) is 0.749. The van der Waals surface area contributed by atoms with Gasteiger partial charge in [0.15, 0.2) is 7.98 Å². The average Bonchev–Trinajstić information content (AvgIpc) is 2.03. The number of rotatable bonds is 5. The van der Waals surface area contributed by atoms with Gasteiger partial charge in [0.05, 0.1) is 7.85 Å². The van der Waals surface area contributed by atoms with Crippen LogP contribution in [0.25, 0.3) is 0 Å². The Bertz CT molecular complexity index is 148. The van der Waals surface area contributed by atoms with Gasteiger partial charge in [-0.25, -0.2) is 0 Å². The molecule has 4 radical (unpaired) electrons. The molecule has 0 aromatic heterocycles. The van der Waals surface area contributed by atoms with Crippen molar-refractivity contribution in [1.29, 1.82) is 0 Å². The summed E-state index contributed by atoms with van der Waals surface area (Å²) < 4.78 is 0. The second-order valence-electron chi connectivity index (χ2n) is 2.56. The minimum absolute atomic E-state index is 0.275. The van der Waals surface area contributed by atoms with Gasteiger partial charge in [-0.2, -0.15) is 0 Å². The van der Waals surface area contributed by atoms with Crippen LogP contribution >= 0.6 is 12.6 Å². The van der Waals surface area contributed by atoms with E-state index in [1.54, 1.807) is 7.05 Å². The van der Waals surface area contributed by atoms with Crippen molar-refractivity contribution in [1.82, 2.24) is 10.1 Å². The summed E-state index contributed by atoms with van der Waals surface area (Å²) in [7, 11) is 12.3. The topological polar surface area (TPSA) is 32.3 Å². The molecule has 1 amide bonds. The van der Waals surface area contributed by atoms with Gasteiger partial charge >= 0.3 is 0 Å². The molecular weight excluding hydrogens is 170 g/mol. The zero-order chi connectivity index (χ0) is 9.56. The van der Waals surface area contributed by atoms with Crippen LogP contribution in [0, 0.1) is 0 Å². The third-order valence-electron chi connectivity index (χ3n) is 1.62. The lowest BCUT2D eigenvalue weighted by molar-refractivity contribution is 0.227. The van der Waals surface area contributed by atoms with E-state index in [-0.39, 0.29) is 11.2 Å². The highest BCUT2D eigenvalue weighted by Crippen LogP contribution is 2.03. The Morgan fingerprint density at radius 1 is 1.75 bits per heavy atom. The number of hydrogen-bond acceptors (Lipinski definition) is 2. The van der Waals surface area contributed by atoms with E-state index in [9.17, 15) is 4.79 Å². The number of hydrogen-bond donors (Lipinski definition) is 2. The van der Waals surface area contributed by atoms with Gasteiger partial charge < -0.3 is 10.1 Å². The van der Waals surface area contributed by atoms with Crippen LogP contribution in [0.5, 0.6) is 0 Å². The summed E-state index contributed by atoms with van der Waals surface area (Å²) in [6.45, 7) is 0.697. The number of nitrogens with zero attached hydrogens (tertiary/aromatic N) is 1. The quantitative estimate of drug-likeness (QED) is 0.354. The second-order valence-corrected chi connectivity index (χ2v) is 2.94. The van der Waals surface area contributed by atoms with Crippen LogP contribution in [0.4, 0.5) is 4.79 Å². The zero-order valence-corrected chi connectivity index (χ0v) is 8.05. The monoisotopic (exact) mass is 182 g/mol. The van der Waals surface area contributed by atoms with Gasteiger partial charge in [-0.3, -0.25) is 4.79 Å². The molecule has 0 aromatic carbocycles. The van der Waals surface area contributed by atoms with Crippen LogP contribution in [0.2, 0.25) is 0 Å². The van der Waals surface area contributed by atoms with Crippen molar-refractivity contribution in [2.45, 2.75) is 18.8 Å². The minimum Gasteiger partial charge on any atom is -0.366 e. The maximum absolute atomic E-state index is 10.7. The van der Waals surface area contributed by atoms with Crippen molar-refractivity contribution in [3.8, 4) is 0 Å². The molecule has 3 nitrogen and oxygen atoms in total. The van der Waals surface area contributed by atoms with Crippen molar-refractivity contribution in [3.05, 3.63) is 0 Å². The predicted molar refractivity (Wildman–Crippen MR) is 54.7 cm³/mol. The Hall–Kier alpha value is -0.0901. The number of amides is 1. The number of thiol groups is 1.